The van der Waals surface area contributed by atoms with Gasteiger partial charge in [-0.1, -0.05) is 24.3 Å². The first-order chi connectivity index (χ1) is 13.2. The van der Waals surface area contributed by atoms with Gasteiger partial charge in [-0.05, 0) is 54.8 Å². The molecular weight excluding hydrogens is 340 g/mol. The SMILES string of the molecule is CC(=NN=C(C)c1ccc(OCC2CO2)cc1)c1ccc(CC2CO2)cc1. The van der Waals surface area contributed by atoms with Gasteiger partial charge in [-0.15, -0.1) is 0 Å². The Labute approximate surface area is 159 Å². The highest BCUT2D eigenvalue weighted by atomic mass is 16.6. The summed E-state index contributed by atoms with van der Waals surface area (Å²) in [6.07, 6.45) is 1.67. The largest absolute Gasteiger partial charge is 0.491 e. The molecule has 2 fully saturated rings. The number of benzene rings is 2. The van der Waals surface area contributed by atoms with E-state index in [4.69, 9.17) is 14.2 Å². The van der Waals surface area contributed by atoms with Crippen molar-refractivity contribution in [2.24, 2.45) is 10.2 Å². The summed E-state index contributed by atoms with van der Waals surface area (Å²) in [5.74, 6) is 0.846. The average molecular weight is 364 g/mol. The van der Waals surface area contributed by atoms with Crippen LogP contribution in [0.4, 0.5) is 0 Å². The van der Waals surface area contributed by atoms with E-state index in [-0.39, 0.29) is 6.10 Å². The van der Waals surface area contributed by atoms with E-state index < -0.39 is 0 Å². The molecular formula is C22H24N2O3. The zero-order valence-corrected chi connectivity index (χ0v) is 15.7. The summed E-state index contributed by atoms with van der Waals surface area (Å²) in [6, 6.07) is 16.4. The summed E-state index contributed by atoms with van der Waals surface area (Å²) in [7, 11) is 0. The third kappa shape index (κ3) is 5.25. The van der Waals surface area contributed by atoms with Crippen molar-refractivity contribution in [2.45, 2.75) is 32.5 Å². The maximum Gasteiger partial charge on any atom is 0.119 e. The minimum Gasteiger partial charge on any atom is -0.491 e. The minimum absolute atomic E-state index is 0.265. The Morgan fingerprint density at radius 3 is 1.89 bits per heavy atom. The molecule has 5 heteroatoms. The molecule has 0 aliphatic carbocycles. The standard InChI is InChI=1S/C22H24N2O3/c1-15(18-5-3-17(4-6-18)11-21-12-26-21)23-24-16(2)19-7-9-20(10-8-19)25-13-22-14-27-22/h3-10,21-22H,11-14H2,1-2H3. The third-order valence-corrected chi connectivity index (χ3v) is 4.70. The fourth-order valence-corrected chi connectivity index (χ4v) is 2.74. The zero-order valence-electron chi connectivity index (χ0n) is 15.7. The molecule has 0 saturated carbocycles. The molecule has 0 radical (unpaired) electrons. The van der Waals surface area contributed by atoms with Gasteiger partial charge in [0, 0.05) is 6.42 Å². The van der Waals surface area contributed by atoms with Crippen molar-refractivity contribution in [3.05, 3.63) is 65.2 Å². The maximum atomic E-state index is 5.66. The number of epoxide rings is 2. The first-order valence-electron chi connectivity index (χ1n) is 9.32. The van der Waals surface area contributed by atoms with E-state index in [1.807, 2.05) is 38.1 Å². The van der Waals surface area contributed by atoms with Gasteiger partial charge in [-0.3, -0.25) is 0 Å². The first kappa shape index (κ1) is 17.9. The van der Waals surface area contributed by atoms with Crippen LogP contribution in [0, 0.1) is 0 Å². The van der Waals surface area contributed by atoms with Crippen molar-refractivity contribution in [3.8, 4) is 5.75 Å². The van der Waals surface area contributed by atoms with E-state index in [1.54, 1.807) is 0 Å². The van der Waals surface area contributed by atoms with Crippen LogP contribution in [0.3, 0.4) is 0 Å². The van der Waals surface area contributed by atoms with Gasteiger partial charge in [-0.25, -0.2) is 0 Å². The molecule has 0 bridgehead atoms. The molecule has 2 aliphatic heterocycles. The van der Waals surface area contributed by atoms with Crippen molar-refractivity contribution in [1.29, 1.82) is 0 Å². The quantitative estimate of drug-likeness (QED) is 0.408. The van der Waals surface area contributed by atoms with Crippen LogP contribution in [0.25, 0.3) is 0 Å². The molecule has 4 rings (SSSR count). The van der Waals surface area contributed by atoms with Crippen molar-refractivity contribution >= 4 is 11.4 Å². The molecule has 2 unspecified atom stereocenters. The lowest BCUT2D eigenvalue weighted by Gasteiger charge is -2.05. The van der Waals surface area contributed by atoms with Crippen molar-refractivity contribution in [3.63, 3.8) is 0 Å². The predicted octanol–water partition coefficient (Wildman–Crippen LogP) is 3.64. The summed E-state index contributed by atoms with van der Waals surface area (Å²) in [5.41, 5.74) is 5.17. The molecule has 27 heavy (non-hydrogen) atoms. The topological polar surface area (TPSA) is 59.0 Å². The number of hydrogen-bond acceptors (Lipinski definition) is 5. The normalized spacial score (nSPS) is 21.9. The van der Waals surface area contributed by atoms with Crippen LogP contribution in [0.2, 0.25) is 0 Å². The Hall–Kier alpha value is -2.50. The lowest BCUT2D eigenvalue weighted by molar-refractivity contribution is 0.263. The molecule has 0 amide bonds. The molecule has 2 heterocycles. The fourth-order valence-electron chi connectivity index (χ4n) is 2.74. The monoisotopic (exact) mass is 364 g/mol. The summed E-state index contributed by atoms with van der Waals surface area (Å²) in [6.45, 7) is 6.25. The summed E-state index contributed by atoms with van der Waals surface area (Å²) < 4.78 is 16.1. The highest BCUT2D eigenvalue weighted by molar-refractivity contribution is 6.01. The van der Waals surface area contributed by atoms with Crippen LogP contribution < -0.4 is 4.74 Å². The molecule has 2 aliphatic rings. The summed E-state index contributed by atoms with van der Waals surface area (Å²) in [5, 5.41) is 8.79. The Kier molecular flexibility index (Phi) is 5.32. The van der Waals surface area contributed by atoms with Gasteiger partial charge in [0.2, 0.25) is 0 Å². The Bertz CT molecular complexity index is 833. The van der Waals surface area contributed by atoms with Gasteiger partial charge in [0.15, 0.2) is 0 Å². The smallest absolute Gasteiger partial charge is 0.119 e. The number of rotatable bonds is 8. The molecule has 0 aromatic heterocycles. The lowest BCUT2D eigenvalue weighted by Crippen LogP contribution is -2.04. The molecule has 2 atom stereocenters. The minimum atomic E-state index is 0.265. The number of ether oxygens (including phenoxy) is 3. The lowest BCUT2D eigenvalue weighted by atomic mass is 10.1. The van der Waals surface area contributed by atoms with Crippen LogP contribution in [0.1, 0.15) is 30.5 Å². The van der Waals surface area contributed by atoms with Crippen LogP contribution in [0.15, 0.2) is 58.7 Å². The van der Waals surface area contributed by atoms with E-state index in [0.717, 1.165) is 47.9 Å². The van der Waals surface area contributed by atoms with Crippen molar-refractivity contribution in [1.82, 2.24) is 0 Å². The van der Waals surface area contributed by atoms with Gasteiger partial charge in [0.25, 0.3) is 0 Å². The second kappa shape index (κ2) is 8.03. The van der Waals surface area contributed by atoms with Crippen molar-refractivity contribution in [2.75, 3.05) is 19.8 Å². The van der Waals surface area contributed by atoms with Crippen LogP contribution >= 0.6 is 0 Å². The van der Waals surface area contributed by atoms with Gasteiger partial charge in [0.1, 0.15) is 18.5 Å². The Morgan fingerprint density at radius 1 is 0.852 bits per heavy atom. The van der Waals surface area contributed by atoms with E-state index in [0.29, 0.717) is 12.7 Å². The molecule has 140 valence electrons. The highest BCUT2D eigenvalue weighted by Gasteiger charge is 2.23. The van der Waals surface area contributed by atoms with E-state index >= 15 is 0 Å². The second-order valence-corrected chi connectivity index (χ2v) is 7.02. The zero-order chi connectivity index (χ0) is 18.6. The fraction of sp³-hybridized carbons (Fsp3) is 0.364. The van der Waals surface area contributed by atoms with Gasteiger partial charge >= 0.3 is 0 Å². The molecule has 0 spiro atoms. The molecule has 0 N–H and O–H groups in total. The molecule has 2 saturated heterocycles. The van der Waals surface area contributed by atoms with E-state index in [1.165, 1.54) is 5.56 Å². The van der Waals surface area contributed by atoms with Gasteiger partial charge in [0.05, 0.1) is 30.7 Å². The van der Waals surface area contributed by atoms with Crippen LogP contribution in [-0.4, -0.2) is 43.5 Å². The maximum absolute atomic E-state index is 5.66. The van der Waals surface area contributed by atoms with Gasteiger partial charge < -0.3 is 14.2 Å². The molecule has 2 aromatic rings. The summed E-state index contributed by atoms with van der Waals surface area (Å²) in [4.78, 5) is 0. The molecule has 2 aromatic carbocycles. The van der Waals surface area contributed by atoms with E-state index in [2.05, 4.69) is 34.5 Å². The number of nitrogens with zero attached hydrogens (tertiary/aromatic N) is 2. The average Bonchev–Trinajstić information content (AvgIpc) is 3.61. The second-order valence-electron chi connectivity index (χ2n) is 7.02. The predicted molar refractivity (Wildman–Crippen MR) is 106 cm³/mol. The Balaban J connectivity index is 1.37. The van der Waals surface area contributed by atoms with E-state index in [9.17, 15) is 0 Å². The molecule has 5 nitrogen and oxygen atoms in total. The first-order valence-corrected chi connectivity index (χ1v) is 9.32. The van der Waals surface area contributed by atoms with Crippen LogP contribution in [-0.2, 0) is 15.9 Å². The Morgan fingerprint density at radius 2 is 1.37 bits per heavy atom. The van der Waals surface area contributed by atoms with Crippen molar-refractivity contribution < 1.29 is 14.2 Å². The van der Waals surface area contributed by atoms with Gasteiger partial charge in [-0.2, -0.15) is 10.2 Å². The number of hydrogen-bond donors (Lipinski definition) is 0. The van der Waals surface area contributed by atoms with Crippen LogP contribution in [0.5, 0.6) is 5.75 Å². The highest BCUT2D eigenvalue weighted by Crippen LogP contribution is 2.18. The third-order valence-electron chi connectivity index (χ3n) is 4.70. The summed E-state index contributed by atoms with van der Waals surface area (Å²) >= 11 is 0.